The van der Waals surface area contributed by atoms with E-state index in [0.717, 1.165) is 34.8 Å². The fourth-order valence-corrected chi connectivity index (χ4v) is 5.76. The molecule has 2 aromatic carbocycles. The van der Waals surface area contributed by atoms with Gasteiger partial charge >= 0.3 is 0 Å². The average molecular weight is 471 g/mol. The van der Waals surface area contributed by atoms with Crippen molar-refractivity contribution in [1.29, 1.82) is 0 Å². The first kappa shape index (κ1) is 22.4. The Morgan fingerprint density at radius 1 is 1.09 bits per heavy atom. The van der Waals surface area contributed by atoms with Gasteiger partial charge in [0.2, 0.25) is 15.9 Å². The summed E-state index contributed by atoms with van der Waals surface area (Å²) in [6.07, 6.45) is 1.79. The Labute approximate surface area is 192 Å². The van der Waals surface area contributed by atoms with Crippen LogP contribution in [0.2, 0.25) is 0 Å². The van der Waals surface area contributed by atoms with Crippen LogP contribution in [0, 0.1) is 6.92 Å². The maximum absolute atomic E-state index is 12.7. The largest absolute Gasteiger partial charge is 0.374 e. The van der Waals surface area contributed by atoms with Crippen molar-refractivity contribution in [3.05, 3.63) is 58.9 Å². The van der Waals surface area contributed by atoms with Gasteiger partial charge in [0.15, 0.2) is 0 Å². The van der Waals surface area contributed by atoms with Gasteiger partial charge in [-0.15, -0.1) is 11.3 Å². The lowest BCUT2D eigenvalue weighted by Crippen LogP contribution is -2.32. The highest BCUT2D eigenvalue weighted by molar-refractivity contribution is 7.89. The van der Waals surface area contributed by atoms with Crippen LogP contribution in [-0.4, -0.2) is 42.7 Å². The van der Waals surface area contributed by atoms with Crippen LogP contribution in [0.1, 0.15) is 24.8 Å². The van der Waals surface area contributed by atoms with Gasteiger partial charge in [-0.3, -0.25) is 4.79 Å². The van der Waals surface area contributed by atoms with Crippen LogP contribution in [0.25, 0.3) is 11.3 Å². The number of anilines is 2. The number of nitrogens with one attached hydrogen (secondary N) is 2. The summed E-state index contributed by atoms with van der Waals surface area (Å²) in [5.74, 6) is -0.213. The summed E-state index contributed by atoms with van der Waals surface area (Å²) in [7, 11) is -3.46. The summed E-state index contributed by atoms with van der Waals surface area (Å²) in [4.78, 5) is 17.4. The van der Waals surface area contributed by atoms with Gasteiger partial charge in [-0.1, -0.05) is 12.1 Å². The molecule has 7 nitrogen and oxygen atoms in total. The number of hydrogen-bond donors (Lipinski definition) is 2. The first-order valence-corrected chi connectivity index (χ1v) is 12.8. The Balaban J connectivity index is 1.39. The van der Waals surface area contributed by atoms with Crippen molar-refractivity contribution in [3.63, 3.8) is 0 Å². The highest BCUT2D eigenvalue weighted by Crippen LogP contribution is 2.25. The lowest BCUT2D eigenvalue weighted by molar-refractivity contribution is -0.116. The van der Waals surface area contributed by atoms with E-state index in [-0.39, 0.29) is 10.8 Å². The van der Waals surface area contributed by atoms with Crippen LogP contribution >= 0.6 is 11.3 Å². The van der Waals surface area contributed by atoms with E-state index in [1.807, 2.05) is 36.6 Å². The van der Waals surface area contributed by atoms with E-state index in [4.69, 9.17) is 0 Å². The van der Waals surface area contributed by atoms with Gasteiger partial charge < -0.3 is 10.6 Å². The monoisotopic (exact) mass is 470 g/mol. The van der Waals surface area contributed by atoms with Crippen LogP contribution in [0.3, 0.4) is 0 Å². The molecule has 32 heavy (non-hydrogen) atoms. The Hall–Kier alpha value is -2.75. The maximum Gasteiger partial charge on any atom is 0.246 e. The molecule has 1 atom stereocenters. The van der Waals surface area contributed by atoms with Gasteiger partial charge in [-0.05, 0) is 63.1 Å². The number of thiazole rings is 1. The second-order valence-corrected chi connectivity index (χ2v) is 10.8. The number of benzene rings is 2. The highest BCUT2D eigenvalue weighted by Gasteiger charge is 2.27. The Morgan fingerprint density at radius 3 is 2.47 bits per heavy atom. The zero-order chi connectivity index (χ0) is 22.7. The standard InChI is InChI=1S/C23H26N4O3S2/c1-16(24-20-7-5-6-18(14-20)22-15-31-17(2)25-22)23(28)26-19-8-10-21(11-9-19)32(29,30)27-12-3-4-13-27/h5-11,14-16,24H,3-4,12-13H2,1-2H3,(H,26,28)/t16-/m0/s1. The Kier molecular flexibility index (Phi) is 6.59. The number of carbonyl (C=O) groups is 1. The number of hydrogen-bond acceptors (Lipinski definition) is 6. The van der Waals surface area contributed by atoms with Crippen LogP contribution in [0.4, 0.5) is 11.4 Å². The molecule has 1 fully saturated rings. The quantitative estimate of drug-likeness (QED) is 0.536. The topological polar surface area (TPSA) is 91.4 Å². The molecule has 1 aliphatic rings. The van der Waals surface area contributed by atoms with E-state index < -0.39 is 16.1 Å². The van der Waals surface area contributed by atoms with Crippen molar-refractivity contribution in [3.8, 4) is 11.3 Å². The molecule has 168 valence electrons. The summed E-state index contributed by atoms with van der Waals surface area (Å²) >= 11 is 1.60. The molecule has 1 amide bonds. The Morgan fingerprint density at radius 2 is 1.81 bits per heavy atom. The maximum atomic E-state index is 12.7. The van der Waals surface area contributed by atoms with E-state index in [1.165, 1.54) is 4.31 Å². The highest BCUT2D eigenvalue weighted by atomic mass is 32.2. The van der Waals surface area contributed by atoms with Gasteiger partial charge in [0.05, 0.1) is 15.6 Å². The third-order valence-electron chi connectivity index (χ3n) is 5.38. The molecule has 9 heteroatoms. The molecule has 4 rings (SSSR count). The molecule has 0 spiro atoms. The van der Waals surface area contributed by atoms with E-state index >= 15 is 0 Å². The molecule has 0 radical (unpaired) electrons. The second kappa shape index (κ2) is 9.40. The van der Waals surface area contributed by atoms with E-state index in [1.54, 1.807) is 42.5 Å². The lowest BCUT2D eigenvalue weighted by Gasteiger charge is -2.17. The first-order chi connectivity index (χ1) is 15.3. The summed E-state index contributed by atoms with van der Waals surface area (Å²) in [6, 6.07) is 13.6. The molecule has 1 aliphatic heterocycles. The summed E-state index contributed by atoms with van der Waals surface area (Å²) < 4.78 is 26.8. The SMILES string of the molecule is Cc1nc(-c2cccc(N[C@@H](C)C(=O)Nc3ccc(S(=O)(=O)N4CCCC4)cc3)c2)cs1. The normalized spacial score (nSPS) is 15.4. The Bertz CT molecular complexity index is 1200. The fourth-order valence-electron chi connectivity index (χ4n) is 3.62. The molecular weight excluding hydrogens is 444 g/mol. The second-order valence-electron chi connectivity index (χ2n) is 7.82. The van der Waals surface area contributed by atoms with E-state index in [2.05, 4.69) is 15.6 Å². The van der Waals surface area contributed by atoms with Crippen molar-refractivity contribution >= 4 is 38.6 Å². The van der Waals surface area contributed by atoms with Crippen molar-refractivity contribution in [2.45, 2.75) is 37.6 Å². The zero-order valence-corrected chi connectivity index (χ0v) is 19.7. The average Bonchev–Trinajstić information content (AvgIpc) is 3.47. The van der Waals surface area contributed by atoms with Gasteiger partial charge in [0, 0.05) is 35.4 Å². The molecular formula is C23H26N4O3S2. The molecule has 0 saturated carbocycles. The smallest absolute Gasteiger partial charge is 0.246 e. The number of rotatable bonds is 7. The van der Waals surface area contributed by atoms with E-state index in [9.17, 15) is 13.2 Å². The third kappa shape index (κ3) is 5.01. The summed E-state index contributed by atoms with van der Waals surface area (Å²) in [5.41, 5.74) is 3.28. The van der Waals surface area contributed by atoms with Gasteiger partial charge in [0.1, 0.15) is 6.04 Å². The van der Waals surface area contributed by atoms with Crippen LogP contribution in [0.5, 0.6) is 0 Å². The van der Waals surface area contributed by atoms with Gasteiger partial charge in [-0.25, -0.2) is 13.4 Å². The minimum atomic E-state index is -3.46. The number of sulfonamides is 1. The van der Waals surface area contributed by atoms with E-state index in [0.29, 0.717) is 18.8 Å². The molecule has 3 aromatic rings. The summed E-state index contributed by atoms with van der Waals surface area (Å²) in [6.45, 7) is 4.87. The van der Waals surface area contributed by atoms with Crippen molar-refractivity contribution in [2.24, 2.45) is 0 Å². The fraction of sp³-hybridized carbons (Fsp3) is 0.304. The molecule has 0 aliphatic carbocycles. The molecule has 1 aromatic heterocycles. The van der Waals surface area contributed by atoms with Crippen molar-refractivity contribution in [2.75, 3.05) is 23.7 Å². The zero-order valence-electron chi connectivity index (χ0n) is 18.0. The first-order valence-electron chi connectivity index (χ1n) is 10.5. The van der Waals surface area contributed by atoms with Gasteiger partial charge in [0.25, 0.3) is 0 Å². The molecule has 2 heterocycles. The molecule has 1 saturated heterocycles. The number of aryl methyl sites for hydroxylation is 1. The van der Waals surface area contributed by atoms with Crippen LogP contribution < -0.4 is 10.6 Å². The van der Waals surface area contributed by atoms with Crippen molar-refractivity contribution < 1.29 is 13.2 Å². The van der Waals surface area contributed by atoms with Crippen molar-refractivity contribution in [1.82, 2.24) is 9.29 Å². The minimum Gasteiger partial charge on any atom is -0.374 e. The van der Waals surface area contributed by atoms with Crippen LogP contribution in [0.15, 0.2) is 58.8 Å². The minimum absolute atomic E-state index is 0.213. The number of carbonyl (C=O) groups excluding carboxylic acids is 1. The number of aromatic nitrogens is 1. The predicted molar refractivity (Wildman–Crippen MR) is 128 cm³/mol. The molecule has 0 unspecified atom stereocenters. The number of nitrogens with zero attached hydrogens (tertiary/aromatic N) is 2. The predicted octanol–water partition coefficient (Wildman–Crippen LogP) is 4.34. The van der Waals surface area contributed by atoms with Gasteiger partial charge in [-0.2, -0.15) is 4.31 Å². The van der Waals surface area contributed by atoms with Crippen LogP contribution in [-0.2, 0) is 14.8 Å². The summed E-state index contributed by atoms with van der Waals surface area (Å²) in [5, 5.41) is 9.07. The third-order valence-corrected chi connectivity index (χ3v) is 8.06. The lowest BCUT2D eigenvalue weighted by atomic mass is 10.1. The number of amides is 1. The molecule has 0 bridgehead atoms. The molecule has 2 N–H and O–H groups in total.